The zero-order valence-electron chi connectivity index (χ0n) is 13.6. The van der Waals surface area contributed by atoms with Crippen molar-refractivity contribution in [2.75, 3.05) is 26.8 Å². The molecule has 0 aromatic heterocycles. The van der Waals surface area contributed by atoms with Crippen LogP contribution in [0.5, 0.6) is 11.5 Å². The lowest BCUT2D eigenvalue weighted by atomic mass is 10.0. The van der Waals surface area contributed by atoms with E-state index in [1.807, 2.05) is 19.1 Å². The number of aliphatic hydroxyl groups is 1. The van der Waals surface area contributed by atoms with Crippen LogP contribution in [0.3, 0.4) is 0 Å². The van der Waals surface area contributed by atoms with Gasteiger partial charge in [-0.3, -0.25) is 4.90 Å². The first-order valence-corrected chi connectivity index (χ1v) is 8.32. The van der Waals surface area contributed by atoms with Gasteiger partial charge in [0.05, 0.1) is 24.8 Å². The number of likely N-dealkylation sites (tertiary alicyclic amines) is 1. The summed E-state index contributed by atoms with van der Waals surface area (Å²) in [7, 11) is 1.63. The number of aliphatic hydroxyl groups excluding tert-OH is 1. The van der Waals surface area contributed by atoms with Crippen LogP contribution in [0.1, 0.15) is 32.3 Å². The molecule has 0 aliphatic carbocycles. The van der Waals surface area contributed by atoms with Gasteiger partial charge in [-0.25, -0.2) is 0 Å². The highest BCUT2D eigenvalue weighted by Gasteiger charge is 2.26. The smallest absolute Gasteiger partial charge is 0.179 e. The number of halogens is 1. The number of ether oxygens (including phenoxy) is 2. The van der Waals surface area contributed by atoms with Crippen molar-refractivity contribution in [2.24, 2.45) is 5.92 Å². The predicted octanol–water partition coefficient (Wildman–Crippen LogP) is 3.34. The minimum atomic E-state index is -0.243. The van der Waals surface area contributed by atoms with E-state index in [1.54, 1.807) is 7.11 Å². The van der Waals surface area contributed by atoms with Crippen LogP contribution in [0.15, 0.2) is 12.1 Å². The Morgan fingerprint density at radius 2 is 2.23 bits per heavy atom. The molecular formula is C17H26ClNO3. The highest BCUT2D eigenvalue weighted by atomic mass is 35.5. The first-order chi connectivity index (χ1) is 10.5. The minimum absolute atomic E-state index is 0.243. The van der Waals surface area contributed by atoms with Gasteiger partial charge in [-0.1, -0.05) is 18.5 Å². The molecule has 2 atom stereocenters. The molecule has 4 nitrogen and oxygen atoms in total. The Labute approximate surface area is 138 Å². The van der Waals surface area contributed by atoms with Crippen molar-refractivity contribution in [1.29, 1.82) is 0 Å². The van der Waals surface area contributed by atoms with Crippen LogP contribution in [0.25, 0.3) is 0 Å². The second-order valence-corrected chi connectivity index (χ2v) is 6.39. The van der Waals surface area contributed by atoms with Crippen LogP contribution in [0.4, 0.5) is 0 Å². The third-order valence-electron chi connectivity index (χ3n) is 4.14. The SMILES string of the molecule is CCCOc1c(Cl)cc(CN2CCC(C(C)O)C2)cc1OC. The zero-order valence-corrected chi connectivity index (χ0v) is 14.4. The Hall–Kier alpha value is -0.970. The van der Waals surface area contributed by atoms with Crippen molar-refractivity contribution in [3.63, 3.8) is 0 Å². The Morgan fingerprint density at radius 3 is 2.82 bits per heavy atom. The third-order valence-corrected chi connectivity index (χ3v) is 4.42. The van der Waals surface area contributed by atoms with Crippen LogP contribution < -0.4 is 9.47 Å². The number of methoxy groups -OCH3 is 1. The fourth-order valence-corrected chi connectivity index (χ4v) is 3.15. The molecule has 124 valence electrons. The maximum absolute atomic E-state index is 9.70. The van der Waals surface area contributed by atoms with Gasteiger partial charge in [0.1, 0.15) is 0 Å². The number of benzene rings is 1. The molecule has 1 aliphatic rings. The van der Waals surface area contributed by atoms with Gasteiger partial charge in [0.15, 0.2) is 11.5 Å². The van der Waals surface area contributed by atoms with Crippen LogP contribution in [0.2, 0.25) is 5.02 Å². The summed E-state index contributed by atoms with van der Waals surface area (Å²) in [4.78, 5) is 2.34. The van der Waals surface area contributed by atoms with Gasteiger partial charge in [0, 0.05) is 13.1 Å². The Morgan fingerprint density at radius 1 is 1.45 bits per heavy atom. The zero-order chi connectivity index (χ0) is 16.1. The van der Waals surface area contributed by atoms with Crippen molar-refractivity contribution in [1.82, 2.24) is 4.90 Å². The van der Waals surface area contributed by atoms with E-state index in [0.29, 0.717) is 29.0 Å². The molecule has 1 aromatic carbocycles. The molecule has 1 aliphatic heterocycles. The van der Waals surface area contributed by atoms with E-state index in [0.717, 1.165) is 38.0 Å². The molecule has 22 heavy (non-hydrogen) atoms. The topological polar surface area (TPSA) is 41.9 Å². The molecule has 0 radical (unpaired) electrons. The first-order valence-electron chi connectivity index (χ1n) is 7.94. The Kier molecular flexibility index (Phi) is 6.36. The van der Waals surface area contributed by atoms with Crippen molar-refractivity contribution in [2.45, 2.75) is 39.3 Å². The fraction of sp³-hybridized carbons (Fsp3) is 0.647. The molecule has 0 amide bonds. The van der Waals surface area contributed by atoms with E-state index in [4.69, 9.17) is 21.1 Å². The molecule has 5 heteroatoms. The van der Waals surface area contributed by atoms with Crippen LogP contribution in [-0.4, -0.2) is 42.9 Å². The molecule has 0 saturated carbocycles. The van der Waals surface area contributed by atoms with Crippen LogP contribution in [-0.2, 0) is 6.54 Å². The van der Waals surface area contributed by atoms with Crippen molar-refractivity contribution in [3.8, 4) is 11.5 Å². The first kappa shape index (κ1) is 17.4. The lowest BCUT2D eigenvalue weighted by molar-refractivity contribution is 0.127. The quantitative estimate of drug-likeness (QED) is 0.834. The lowest BCUT2D eigenvalue weighted by Gasteiger charge is -2.19. The van der Waals surface area contributed by atoms with Gasteiger partial charge < -0.3 is 14.6 Å². The fourth-order valence-electron chi connectivity index (χ4n) is 2.87. The average Bonchev–Trinajstić information content (AvgIpc) is 2.94. The minimum Gasteiger partial charge on any atom is -0.493 e. The summed E-state index contributed by atoms with van der Waals surface area (Å²) in [6.45, 7) is 7.29. The molecule has 2 rings (SSSR count). The highest BCUT2D eigenvalue weighted by Crippen LogP contribution is 2.37. The summed E-state index contributed by atoms with van der Waals surface area (Å²) in [5.74, 6) is 1.67. The maximum atomic E-state index is 9.70. The Balaban J connectivity index is 2.07. The van der Waals surface area contributed by atoms with Gasteiger partial charge in [-0.2, -0.15) is 0 Å². The molecular weight excluding hydrogens is 302 g/mol. The molecule has 0 spiro atoms. The van der Waals surface area contributed by atoms with Crippen molar-refractivity contribution < 1.29 is 14.6 Å². The van der Waals surface area contributed by atoms with E-state index in [1.165, 1.54) is 0 Å². The van der Waals surface area contributed by atoms with E-state index < -0.39 is 0 Å². The standard InChI is InChI=1S/C17H26ClNO3/c1-4-7-22-17-15(18)8-13(9-16(17)21-3)10-19-6-5-14(11-19)12(2)20/h8-9,12,14,20H,4-7,10-11H2,1-3H3. The van der Waals surface area contributed by atoms with E-state index in [9.17, 15) is 5.11 Å². The number of nitrogens with zero attached hydrogens (tertiary/aromatic N) is 1. The highest BCUT2D eigenvalue weighted by molar-refractivity contribution is 6.32. The van der Waals surface area contributed by atoms with Gasteiger partial charge in [0.2, 0.25) is 0 Å². The molecule has 1 fully saturated rings. The van der Waals surface area contributed by atoms with Gasteiger partial charge in [-0.05, 0) is 49.9 Å². The Bertz CT molecular complexity index is 493. The molecule has 1 heterocycles. The van der Waals surface area contributed by atoms with Crippen molar-refractivity contribution in [3.05, 3.63) is 22.7 Å². The molecule has 1 aromatic rings. The van der Waals surface area contributed by atoms with Gasteiger partial charge in [-0.15, -0.1) is 0 Å². The number of hydrogen-bond donors (Lipinski definition) is 1. The van der Waals surface area contributed by atoms with Crippen LogP contribution in [0, 0.1) is 5.92 Å². The molecule has 1 saturated heterocycles. The second-order valence-electron chi connectivity index (χ2n) is 5.98. The maximum Gasteiger partial charge on any atom is 0.179 e. The summed E-state index contributed by atoms with van der Waals surface area (Å²) in [6.07, 6.45) is 1.73. The van der Waals surface area contributed by atoms with Gasteiger partial charge >= 0.3 is 0 Å². The van der Waals surface area contributed by atoms with Crippen LogP contribution >= 0.6 is 11.6 Å². The summed E-state index contributed by atoms with van der Waals surface area (Å²) < 4.78 is 11.1. The summed E-state index contributed by atoms with van der Waals surface area (Å²) in [6, 6.07) is 3.94. The monoisotopic (exact) mass is 327 g/mol. The molecule has 1 N–H and O–H groups in total. The molecule has 2 unspecified atom stereocenters. The normalized spacial score (nSPS) is 20.1. The molecule has 0 bridgehead atoms. The summed E-state index contributed by atoms with van der Waals surface area (Å²) in [5, 5.41) is 10.3. The number of hydrogen-bond acceptors (Lipinski definition) is 4. The third kappa shape index (κ3) is 4.28. The lowest BCUT2D eigenvalue weighted by Crippen LogP contribution is -2.24. The van der Waals surface area contributed by atoms with E-state index >= 15 is 0 Å². The average molecular weight is 328 g/mol. The van der Waals surface area contributed by atoms with E-state index in [-0.39, 0.29) is 6.10 Å². The largest absolute Gasteiger partial charge is 0.493 e. The predicted molar refractivity (Wildman–Crippen MR) is 88.9 cm³/mol. The summed E-state index contributed by atoms with van der Waals surface area (Å²) >= 11 is 6.35. The van der Waals surface area contributed by atoms with Crippen molar-refractivity contribution >= 4 is 11.6 Å². The summed E-state index contributed by atoms with van der Waals surface area (Å²) in [5.41, 5.74) is 1.11. The number of rotatable bonds is 7. The second kappa shape index (κ2) is 8.04. The van der Waals surface area contributed by atoms with E-state index in [2.05, 4.69) is 11.8 Å². The van der Waals surface area contributed by atoms with Gasteiger partial charge in [0.25, 0.3) is 0 Å².